The number of nitrogens with one attached hydrogen (secondary N) is 1. The summed E-state index contributed by atoms with van der Waals surface area (Å²) in [5, 5.41) is 3.08. The molecule has 3 amide bonds. The summed E-state index contributed by atoms with van der Waals surface area (Å²) in [5.74, 6) is 0.0914. The van der Waals surface area contributed by atoms with E-state index >= 15 is 0 Å². The van der Waals surface area contributed by atoms with Gasteiger partial charge in [0.05, 0.1) is 13.2 Å². The Hall–Kier alpha value is -2.12. The number of rotatable bonds is 7. The monoisotopic (exact) mass is 416 g/mol. The van der Waals surface area contributed by atoms with E-state index in [1.54, 1.807) is 0 Å². The normalized spacial score (nSPS) is 18.3. The van der Waals surface area contributed by atoms with E-state index in [0.29, 0.717) is 19.6 Å². The van der Waals surface area contributed by atoms with Crippen LogP contribution in [0.25, 0.3) is 0 Å². The molecule has 1 aromatic rings. The van der Waals surface area contributed by atoms with Gasteiger partial charge in [-0.2, -0.15) is 0 Å². The maximum atomic E-state index is 12.6. The number of urea groups is 1. The van der Waals surface area contributed by atoms with Crippen molar-refractivity contribution in [2.75, 3.05) is 52.5 Å². The number of amides is 3. The summed E-state index contributed by atoms with van der Waals surface area (Å²) in [6.45, 7) is 11.8. The molecular formula is C23H36N4O3. The third kappa shape index (κ3) is 6.19. The minimum atomic E-state index is -0.00801. The number of piperidine rings is 1. The van der Waals surface area contributed by atoms with Crippen LogP contribution in [0.4, 0.5) is 4.79 Å². The summed E-state index contributed by atoms with van der Waals surface area (Å²) < 4.78 is 5.40. The molecule has 2 aliphatic heterocycles. The number of nitrogens with zero attached hydrogens (tertiary/aromatic N) is 3. The van der Waals surface area contributed by atoms with Crippen LogP contribution in [0, 0.1) is 5.92 Å². The number of ether oxygens (including phenoxy) is 1. The van der Waals surface area contributed by atoms with Crippen molar-refractivity contribution in [1.82, 2.24) is 20.0 Å². The average Bonchev–Trinajstić information content (AvgIpc) is 2.80. The van der Waals surface area contributed by atoms with Gasteiger partial charge in [0.1, 0.15) is 0 Å². The number of benzene rings is 1. The van der Waals surface area contributed by atoms with Gasteiger partial charge >= 0.3 is 6.03 Å². The first-order valence-electron chi connectivity index (χ1n) is 11.3. The van der Waals surface area contributed by atoms with Crippen molar-refractivity contribution >= 4 is 11.9 Å². The summed E-state index contributed by atoms with van der Waals surface area (Å²) in [7, 11) is 0. The highest BCUT2D eigenvalue weighted by Gasteiger charge is 2.28. The van der Waals surface area contributed by atoms with Gasteiger partial charge in [0.25, 0.3) is 0 Å². The Morgan fingerprint density at radius 3 is 2.20 bits per heavy atom. The number of carbonyl (C=O) groups excluding carboxylic acids is 2. The molecule has 0 saturated carbocycles. The minimum absolute atomic E-state index is 0.00801. The number of carbonyl (C=O) groups is 2. The molecule has 3 rings (SSSR count). The zero-order chi connectivity index (χ0) is 21.3. The van der Waals surface area contributed by atoms with E-state index in [1.165, 1.54) is 5.56 Å². The lowest BCUT2D eigenvalue weighted by molar-refractivity contribution is -0.126. The molecule has 0 unspecified atom stereocenters. The Kier molecular flexibility index (Phi) is 8.51. The second kappa shape index (κ2) is 11.3. The van der Waals surface area contributed by atoms with E-state index in [2.05, 4.69) is 34.5 Å². The Morgan fingerprint density at radius 1 is 1.00 bits per heavy atom. The van der Waals surface area contributed by atoms with Crippen LogP contribution < -0.4 is 5.32 Å². The number of morpholine rings is 1. The minimum Gasteiger partial charge on any atom is -0.379 e. The standard InChI is InChI=1S/C23H36N4O3/c1-3-26(4-2)23(29)27-11-9-21(10-12-27)22(28)24-17-19-5-7-20(8-6-19)18-25-13-15-30-16-14-25/h5-8,21H,3-4,9-18H2,1-2H3,(H,24,28). The summed E-state index contributed by atoms with van der Waals surface area (Å²) in [4.78, 5) is 31.1. The lowest BCUT2D eigenvalue weighted by atomic mass is 9.96. The van der Waals surface area contributed by atoms with Gasteiger partial charge in [-0.25, -0.2) is 4.79 Å². The Bertz CT molecular complexity index is 676. The van der Waals surface area contributed by atoms with Gasteiger partial charge in [0, 0.05) is 58.3 Å². The second-order valence-electron chi connectivity index (χ2n) is 8.14. The Morgan fingerprint density at radius 2 is 1.60 bits per heavy atom. The molecule has 0 aromatic heterocycles. The van der Waals surface area contributed by atoms with Crippen LogP contribution in [0.5, 0.6) is 0 Å². The molecule has 0 atom stereocenters. The molecule has 0 bridgehead atoms. The fourth-order valence-electron chi connectivity index (χ4n) is 4.14. The first-order valence-corrected chi connectivity index (χ1v) is 11.3. The number of hydrogen-bond donors (Lipinski definition) is 1. The van der Waals surface area contributed by atoms with Crippen molar-refractivity contribution in [3.63, 3.8) is 0 Å². The molecule has 0 spiro atoms. The summed E-state index contributed by atoms with van der Waals surface area (Å²) in [6.07, 6.45) is 1.47. The zero-order valence-corrected chi connectivity index (χ0v) is 18.4. The molecular weight excluding hydrogens is 380 g/mol. The van der Waals surface area contributed by atoms with Crippen LogP contribution in [0.1, 0.15) is 37.8 Å². The number of hydrogen-bond acceptors (Lipinski definition) is 4. The van der Waals surface area contributed by atoms with Crippen molar-refractivity contribution in [2.45, 2.75) is 39.8 Å². The van der Waals surface area contributed by atoms with Crippen molar-refractivity contribution in [1.29, 1.82) is 0 Å². The molecule has 2 fully saturated rings. The van der Waals surface area contributed by atoms with Crippen molar-refractivity contribution in [3.8, 4) is 0 Å². The second-order valence-corrected chi connectivity index (χ2v) is 8.14. The molecule has 7 nitrogen and oxygen atoms in total. The molecule has 1 aromatic carbocycles. The molecule has 30 heavy (non-hydrogen) atoms. The van der Waals surface area contributed by atoms with Gasteiger partial charge in [-0.15, -0.1) is 0 Å². The Labute approximate surface area is 180 Å². The van der Waals surface area contributed by atoms with E-state index in [0.717, 1.165) is 64.3 Å². The van der Waals surface area contributed by atoms with E-state index in [-0.39, 0.29) is 17.9 Å². The van der Waals surface area contributed by atoms with Gasteiger partial charge < -0.3 is 19.9 Å². The topological polar surface area (TPSA) is 65.1 Å². The molecule has 1 N–H and O–H groups in total. The maximum Gasteiger partial charge on any atom is 0.319 e. The van der Waals surface area contributed by atoms with Gasteiger partial charge in [-0.1, -0.05) is 24.3 Å². The highest BCUT2D eigenvalue weighted by molar-refractivity contribution is 5.79. The largest absolute Gasteiger partial charge is 0.379 e. The molecule has 0 radical (unpaired) electrons. The van der Waals surface area contributed by atoms with E-state index in [9.17, 15) is 9.59 Å². The van der Waals surface area contributed by atoms with Gasteiger partial charge in [0.2, 0.25) is 5.91 Å². The van der Waals surface area contributed by atoms with Gasteiger partial charge in [0.15, 0.2) is 0 Å². The van der Waals surface area contributed by atoms with E-state index in [1.807, 2.05) is 23.6 Å². The van der Waals surface area contributed by atoms with Crippen LogP contribution in [0.15, 0.2) is 24.3 Å². The van der Waals surface area contributed by atoms with Gasteiger partial charge in [-0.05, 0) is 37.8 Å². The lowest BCUT2D eigenvalue weighted by Crippen LogP contribution is -2.48. The highest BCUT2D eigenvalue weighted by Crippen LogP contribution is 2.19. The average molecular weight is 417 g/mol. The van der Waals surface area contributed by atoms with Crippen LogP contribution in [-0.2, 0) is 22.6 Å². The molecule has 2 saturated heterocycles. The molecule has 2 heterocycles. The summed E-state index contributed by atoms with van der Waals surface area (Å²) in [5.41, 5.74) is 2.40. The SMILES string of the molecule is CCN(CC)C(=O)N1CCC(C(=O)NCc2ccc(CN3CCOCC3)cc2)CC1. The predicted molar refractivity (Wildman–Crippen MR) is 117 cm³/mol. The molecule has 0 aliphatic carbocycles. The number of likely N-dealkylation sites (tertiary alicyclic amines) is 1. The van der Waals surface area contributed by atoms with Crippen molar-refractivity contribution in [2.24, 2.45) is 5.92 Å². The fourth-order valence-corrected chi connectivity index (χ4v) is 4.14. The first-order chi connectivity index (χ1) is 14.6. The zero-order valence-electron chi connectivity index (χ0n) is 18.4. The smallest absolute Gasteiger partial charge is 0.319 e. The van der Waals surface area contributed by atoms with Crippen LogP contribution in [0.2, 0.25) is 0 Å². The third-order valence-corrected chi connectivity index (χ3v) is 6.17. The van der Waals surface area contributed by atoms with Crippen LogP contribution >= 0.6 is 0 Å². The fraction of sp³-hybridized carbons (Fsp3) is 0.652. The lowest BCUT2D eigenvalue weighted by Gasteiger charge is -2.34. The summed E-state index contributed by atoms with van der Waals surface area (Å²) >= 11 is 0. The maximum absolute atomic E-state index is 12.6. The van der Waals surface area contributed by atoms with Crippen LogP contribution in [-0.4, -0.2) is 79.1 Å². The molecule has 166 valence electrons. The Balaban J connectivity index is 1.40. The quantitative estimate of drug-likeness (QED) is 0.741. The third-order valence-electron chi connectivity index (χ3n) is 6.17. The molecule has 2 aliphatic rings. The summed E-state index contributed by atoms with van der Waals surface area (Å²) in [6, 6.07) is 8.58. The van der Waals surface area contributed by atoms with Crippen molar-refractivity contribution in [3.05, 3.63) is 35.4 Å². The first kappa shape index (κ1) is 22.6. The van der Waals surface area contributed by atoms with Crippen LogP contribution in [0.3, 0.4) is 0 Å². The van der Waals surface area contributed by atoms with E-state index < -0.39 is 0 Å². The predicted octanol–water partition coefficient (Wildman–Crippen LogP) is 2.31. The molecule has 7 heteroatoms. The van der Waals surface area contributed by atoms with Gasteiger partial charge in [-0.3, -0.25) is 9.69 Å². The highest BCUT2D eigenvalue weighted by atomic mass is 16.5. The van der Waals surface area contributed by atoms with Crippen molar-refractivity contribution < 1.29 is 14.3 Å². The van der Waals surface area contributed by atoms with E-state index in [4.69, 9.17) is 4.74 Å².